The summed E-state index contributed by atoms with van der Waals surface area (Å²) in [4.78, 5) is 0. The molecular formula is C24H49O3S-. The summed E-state index contributed by atoms with van der Waals surface area (Å²) in [6, 6.07) is 0. The Kier molecular flexibility index (Phi) is 20.1. The minimum atomic E-state index is -4.13. The van der Waals surface area contributed by atoms with Crippen LogP contribution in [0.3, 0.4) is 0 Å². The number of rotatable bonds is 22. The Labute approximate surface area is 177 Å². The number of hydrogen-bond donors (Lipinski definition) is 0. The van der Waals surface area contributed by atoms with Crippen LogP contribution in [-0.4, -0.2) is 18.2 Å². The fourth-order valence-electron chi connectivity index (χ4n) is 3.98. The van der Waals surface area contributed by atoms with E-state index in [0.717, 1.165) is 25.7 Å². The monoisotopic (exact) mass is 417 g/mol. The van der Waals surface area contributed by atoms with E-state index in [1.807, 2.05) is 0 Å². The molecule has 0 saturated heterocycles. The third-order valence-electron chi connectivity index (χ3n) is 5.92. The first-order valence-electron chi connectivity index (χ1n) is 12.5. The fraction of sp³-hybridized carbons (Fsp3) is 1.00. The quantitative estimate of drug-likeness (QED) is 0.132. The summed E-state index contributed by atoms with van der Waals surface area (Å²) >= 11 is 0. The van der Waals surface area contributed by atoms with Crippen LogP contribution in [0.5, 0.6) is 0 Å². The smallest absolute Gasteiger partial charge is 0.0975 e. The second-order valence-electron chi connectivity index (χ2n) is 8.70. The predicted molar refractivity (Wildman–Crippen MR) is 122 cm³/mol. The van der Waals surface area contributed by atoms with E-state index in [-0.39, 0.29) is 0 Å². The number of unbranched alkanes of at least 4 members (excludes halogenated alkanes) is 17. The first kappa shape index (κ1) is 27.9. The summed E-state index contributed by atoms with van der Waals surface area (Å²) in [5, 5.41) is -0.647. The lowest BCUT2D eigenvalue weighted by Crippen LogP contribution is -2.20. The molecule has 170 valence electrons. The van der Waals surface area contributed by atoms with Gasteiger partial charge in [0.1, 0.15) is 0 Å². The van der Waals surface area contributed by atoms with Gasteiger partial charge >= 0.3 is 0 Å². The molecule has 3 nitrogen and oxygen atoms in total. The normalized spacial score (nSPS) is 13.1. The lowest BCUT2D eigenvalue weighted by molar-refractivity contribution is 0.427. The summed E-state index contributed by atoms with van der Waals surface area (Å²) in [7, 11) is -4.13. The molecule has 1 unspecified atom stereocenters. The average Bonchev–Trinajstić information content (AvgIpc) is 2.65. The maximum atomic E-state index is 11.5. The highest BCUT2D eigenvalue weighted by atomic mass is 32.2. The summed E-state index contributed by atoms with van der Waals surface area (Å²) in [5.74, 6) is 0. The van der Waals surface area contributed by atoms with Gasteiger partial charge in [-0.25, -0.2) is 8.42 Å². The van der Waals surface area contributed by atoms with Gasteiger partial charge in [0.25, 0.3) is 0 Å². The standard InChI is InChI=1S/C24H50O3S/c1-3-5-7-9-11-13-15-17-19-21-23-24(28(25,26)27)22-20-18-16-14-12-10-8-6-4-2/h24H,3-23H2,1-2H3,(H,25,26,27)/p-1. The fourth-order valence-corrected chi connectivity index (χ4v) is 4.89. The molecule has 0 aromatic carbocycles. The first-order valence-corrected chi connectivity index (χ1v) is 13.9. The van der Waals surface area contributed by atoms with Crippen molar-refractivity contribution in [2.45, 2.75) is 154 Å². The van der Waals surface area contributed by atoms with E-state index in [1.165, 1.54) is 96.3 Å². The van der Waals surface area contributed by atoms with Crippen molar-refractivity contribution in [3.8, 4) is 0 Å². The van der Waals surface area contributed by atoms with Crippen molar-refractivity contribution in [3.05, 3.63) is 0 Å². The Morgan fingerprint density at radius 1 is 0.500 bits per heavy atom. The van der Waals surface area contributed by atoms with Gasteiger partial charge in [-0.2, -0.15) is 0 Å². The molecular weight excluding hydrogens is 368 g/mol. The molecule has 0 aliphatic carbocycles. The third-order valence-corrected chi connectivity index (χ3v) is 7.21. The molecule has 1 atom stereocenters. The van der Waals surface area contributed by atoms with Crippen LogP contribution in [0.25, 0.3) is 0 Å². The van der Waals surface area contributed by atoms with E-state index in [0.29, 0.717) is 12.8 Å². The molecule has 0 aliphatic heterocycles. The van der Waals surface area contributed by atoms with Crippen LogP contribution in [0, 0.1) is 0 Å². The summed E-state index contributed by atoms with van der Waals surface area (Å²) in [6.45, 7) is 4.47. The Bertz CT molecular complexity index is 406. The van der Waals surface area contributed by atoms with Crippen LogP contribution in [0.4, 0.5) is 0 Å². The van der Waals surface area contributed by atoms with Crippen LogP contribution in [0.15, 0.2) is 0 Å². The van der Waals surface area contributed by atoms with Gasteiger partial charge in [0.05, 0.1) is 10.1 Å². The number of hydrogen-bond acceptors (Lipinski definition) is 3. The topological polar surface area (TPSA) is 57.2 Å². The largest absolute Gasteiger partial charge is 0.748 e. The molecule has 0 bridgehead atoms. The summed E-state index contributed by atoms with van der Waals surface area (Å²) in [6.07, 6.45) is 24.5. The van der Waals surface area contributed by atoms with Crippen molar-refractivity contribution in [1.82, 2.24) is 0 Å². The Hall–Kier alpha value is -0.0900. The zero-order valence-corrected chi connectivity index (χ0v) is 19.9. The zero-order chi connectivity index (χ0) is 20.9. The average molecular weight is 418 g/mol. The zero-order valence-electron chi connectivity index (χ0n) is 19.1. The van der Waals surface area contributed by atoms with Crippen molar-refractivity contribution in [3.63, 3.8) is 0 Å². The van der Waals surface area contributed by atoms with Gasteiger partial charge in [-0.15, -0.1) is 0 Å². The third kappa shape index (κ3) is 19.2. The molecule has 0 N–H and O–H groups in total. The Morgan fingerprint density at radius 3 is 1.00 bits per heavy atom. The molecule has 0 radical (unpaired) electrons. The lowest BCUT2D eigenvalue weighted by atomic mass is 10.0. The molecule has 0 aliphatic rings. The van der Waals surface area contributed by atoms with Crippen molar-refractivity contribution in [2.24, 2.45) is 0 Å². The molecule has 0 rings (SSSR count). The van der Waals surface area contributed by atoms with E-state index in [2.05, 4.69) is 13.8 Å². The van der Waals surface area contributed by atoms with Crippen molar-refractivity contribution in [2.75, 3.05) is 0 Å². The van der Waals surface area contributed by atoms with Gasteiger partial charge in [-0.3, -0.25) is 0 Å². The predicted octanol–water partition coefficient (Wildman–Crippen LogP) is 8.13. The second-order valence-corrected chi connectivity index (χ2v) is 10.4. The molecule has 4 heteroatoms. The Morgan fingerprint density at radius 2 is 0.750 bits per heavy atom. The highest BCUT2D eigenvalue weighted by Gasteiger charge is 2.15. The van der Waals surface area contributed by atoms with Gasteiger partial charge < -0.3 is 4.55 Å². The van der Waals surface area contributed by atoms with E-state index in [1.54, 1.807) is 0 Å². The van der Waals surface area contributed by atoms with Gasteiger partial charge in [-0.1, -0.05) is 136 Å². The molecule has 0 aromatic rings. The van der Waals surface area contributed by atoms with E-state index in [4.69, 9.17) is 0 Å². The van der Waals surface area contributed by atoms with E-state index in [9.17, 15) is 13.0 Å². The van der Waals surface area contributed by atoms with Gasteiger partial charge in [0, 0.05) is 5.25 Å². The van der Waals surface area contributed by atoms with Gasteiger partial charge in [0.2, 0.25) is 0 Å². The molecule has 0 heterocycles. The molecule has 0 spiro atoms. The van der Waals surface area contributed by atoms with Crippen molar-refractivity contribution in [1.29, 1.82) is 0 Å². The lowest BCUT2D eigenvalue weighted by Gasteiger charge is -2.20. The van der Waals surface area contributed by atoms with Crippen LogP contribution in [0.2, 0.25) is 0 Å². The second kappa shape index (κ2) is 20.2. The van der Waals surface area contributed by atoms with E-state index < -0.39 is 15.4 Å². The van der Waals surface area contributed by atoms with Crippen LogP contribution < -0.4 is 0 Å². The van der Waals surface area contributed by atoms with Crippen molar-refractivity contribution < 1.29 is 13.0 Å². The van der Waals surface area contributed by atoms with Crippen molar-refractivity contribution >= 4 is 10.1 Å². The summed E-state index contributed by atoms with van der Waals surface area (Å²) < 4.78 is 34.6. The maximum Gasteiger partial charge on any atom is 0.0975 e. The SMILES string of the molecule is CCCCCCCCCCCCC(CCCCCCCCCCC)S(=O)(=O)[O-]. The Balaban J connectivity index is 3.65. The minimum absolute atomic E-state index is 0.569. The highest BCUT2D eigenvalue weighted by molar-refractivity contribution is 7.86. The molecule has 0 fully saturated rings. The molecule has 0 amide bonds. The maximum absolute atomic E-state index is 11.5. The van der Waals surface area contributed by atoms with Crippen LogP contribution >= 0.6 is 0 Å². The molecule has 0 saturated carbocycles. The van der Waals surface area contributed by atoms with Crippen LogP contribution in [-0.2, 0) is 10.1 Å². The first-order chi connectivity index (χ1) is 13.5. The van der Waals surface area contributed by atoms with Gasteiger partial charge in [-0.05, 0) is 12.8 Å². The van der Waals surface area contributed by atoms with Gasteiger partial charge in [0.15, 0.2) is 0 Å². The minimum Gasteiger partial charge on any atom is -0.748 e. The summed E-state index contributed by atoms with van der Waals surface area (Å²) in [5.41, 5.74) is 0. The highest BCUT2D eigenvalue weighted by Crippen LogP contribution is 2.19. The molecule has 28 heavy (non-hydrogen) atoms. The van der Waals surface area contributed by atoms with E-state index >= 15 is 0 Å². The van der Waals surface area contributed by atoms with Crippen LogP contribution in [0.1, 0.15) is 149 Å². The molecule has 0 aromatic heterocycles.